The molecule has 0 saturated carbocycles. The minimum Gasteiger partial charge on any atom is -0.496 e. The van der Waals surface area contributed by atoms with Gasteiger partial charge in [-0.3, -0.25) is 4.79 Å². The molecule has 0 unspecified atom stereocenters. The largest absolute Gasteiger partial charge is 0.496 e. The first-order valence-electron chi connectivity index (χ1n) is 8.20. The standard InChI is InChI=1S/C19H24N2O4S/c1-21(14-15-7-5-4-6-8-15)12-11-20-19(22)17-13-16(26(3,23)24)9-10-18(17)25-2/h4-10,13H,11-12,14H2,1-3H3,(H,20,22). The number of nitrogens with zero attached hydrogens (tertiary/aromatic N) is 1. The van der Waals surface area contributed by atoms with E-state index in [1.165, 1.54) is 30.9 Å². The van der Waals surface area contributed by atoms with Crippen molar-refractivity contribution in [1.82, 2.24) is 10.2 Å². The maximum atomic E-state index is 12.4. The summed E-state index contributed by atoms with van der Waals surface area (Å²) in [5.74, 6) is -0.0204. The molecular formula is C19H24N2O4S. The summed E-state index contributed by atoms with van der Waals surface area (Å²) in [5, 5.41) is 2.81. The fraction of sp³-hybridized carbons (Fsp3) is 0.316. The van der Waals surface area contributed by atoms with Crippen LogP contribution in [0, 0.1) is 0 Å². The van der Waals surface area contributed by atoms with Crippen LogP contribution < -0.4 is 10.1 Å². The molecule has 1 amide bonds. The molecule has 7 heteroatoms. The van der Waals surface area contributed by atoms with E-state index in [0.717, 1.165) is 12.8 Å². The molecule has 0 bridgehead atoms. The van der Waals surface area contributed by atoms with Gasteiger partial charge in [0, 0.05) is 25.9 Å². The molecule has 2 aromatic rings. The van der Waals surface area contributed by atoms with E-state index in [-0.39, 0.29) is 16.4 Å². The Morgan fingerprint density at radius 1 is 1.15 bits per heavy atom. The van der Waals surface area contributed by atoms with E-state index in [4.69, 9.17) is 4.74 Å². The molecule has 0 aliphatic heterocycles. The summed E-state index contributed by atoms with van der Waals surface area (Å²) in [4.78, 5) is 14.6. The van der Waals surface area contributed by atoms with E-state index in [9.17, 15) is 13.2 Å². The van der Waals surface area contributed by atoms with Crippen LogP contribution >= 0.6 is 0 Å². The summed E-state index contributed by atoms with van der Waals surface area (Å²) in [6.07, 6.45) is 1.11. The van der Waals surface area contributed by atoms with Crippen LogP contribution in [0.1, 0.15) is 15.9 Å². The van der Waals surface area contributed by atoms with E-state index in [0.29, 0.717) is 18.8 Å². The molecule has 26 heavy (non-hydrogen) atoms. The number of hydrogen-bond donors (Lipinski definition) is 1. The maximum Gasteiger partial charge on any atom is 0.255 e. The number of nitrogens with one attached hydrogen (secondary N) is 1. The van der Waals surface area contributed by atoms with Gasteiger partial charge in [-0.15, -0.1) is 0 Å². The van der Waals surface area contributed by atoms with Crippen LogP contribution in [-0.4, -0.2) is 52.7 Å². The van der Waals surface area contributed by atoms with Gasteiger partial charge in [0.2, 0.25) is 0 Å². The number of rotatable bonds is 8. The lowest BCUT2D eigenvalue weighted by Crippen LogP contribution is -2.33. The topological polar surface area (TPSA) is 75.7 Å². The molecule has 2 rings (SSSR count). The molecule has 0 aliphatic carbocycles. The molecule has 0 spiro atoms. The molecule has 0 saturated heterocycles. The predicted octanol–water partition coefficient (Wildman–Crippen LogP) is 1.96. The van der Waals surface area contributed by atoms with E-state index >= 15 is 0 Å². The summed E-state index contributed by atoms with van der Waals surface area (Å²) in [6.45, 7) is 1.88. The third-order valence-corrected chi connectivity index (χ3v) is 5.03. The fourth-order valence-corrected chi connectivity index (χ4v) is 3.17. The van der Waals surface area contributed by atoms with Crippen molar-refractivity contribution in [2.75, 3.05) is 33.5 Å². The smallest absolute Gasteiger partial charge is 0.255 e. The molecule has 0 atom stereocenters. The van der Waals surface area contributed by atoms with Gasteiger partial charge >= 0.3 is 0 Å². The minimum atomic E-state index is -3.40. The number of carbonyl (C=O) groups is 1. The highest BCUT2D eigenvalue weighted by molar-refractivity contribution is 7.90. The SMILES string of the molecule is COc1ccc(S(C)(=O)=O)cc1C(=O)NCCN(C)Cc1ccccc1. The third-order valence-electron chi connectivity index (χ3n) is 3.92. The quantitative estimate of drug-likeness (QED) is 0.762. The van der Waals surface area contributed by atoms with Crippen molar-refractivity contribution >= 4 is 15.7 Å². The van der Waals surface area contributed by atoms with Gasteiger partial charge in [-0.25, -0.2) is 8.42 Å². The van der Waals surface area contributed by atoms with Gasteiger partial charge in [0.1, 0.15) is 5.75 Å². The number of methoxy groups -OCH3 is 1. The fourth-order valence-electron chi connectivity index (χ4n) is 2.52. The van der Waals surface area contributed by atoms with Crippen molar-refractivity contribution in [3.05, 3.63) is 59.7 Å². The molecule has 0 aliphatic rings. The molecule has 0 aromatic heterocycles. The van der Waals surface area contributed by atoms with Crippen LogP contribution in [0.4, 0.5) is 0 Å². The monoisotopic (exact) mass is 376 g/mol. The van der Waals surface area contributed by atoms with Crippen molar-refractivity contribution in [2.24, 2.45) is 0 Å². The summed E-state index contributed by atoms with van der Waals surface area (Å²) < 4.78 is 28.6. The summed E-state index contributed by atoms with van der Waals surface area (Å²) in [5.41, 5.74) is 1.41. The van der Waals surface area contributed by atoms with Crippen LogP contribution in [0.3, 0.4) is 0 Å². The maximum absolute atomic E-state index is 12.4. The zero-order valence-electron chi connectivity index (χ0n) is 15.2. The Morgan fingerprint density at radius 2 is 1.85 bits per heavy atom. The number of ether oxygens (including phenoxy) is 1. The lowest BCUT2D eigenvalue weighted by atomic mass is 10.2. The summed E-state index contributed by atoms with van der Waals surface area (Å²) in [6, 6.07) is 14.3. The second-order valence-corrected chi connectivity index (χ2v) is 8.13. The average Bonchev–Trinajstić information content (AvgIpc) is 2.61. The van der Waals surface area contributed by atoms with Gasteiger partial charge in [-0.2, -0.15) is 0 Å². The number of benzene rings is 2. The Kier molecular flexibility index (Phi) is 6.76. The Labute approximate surface area is 154 Å². The van der Waals surface area contributed by atoms with Gasteiger partial charge in [-0.05, 0) is 30.8 Å². The van der Waals surface area contributed by atoms with Gasteiger partial charge in [0.05, 0.1) is 17.6 Å². The van der Waals surface area contributed by atoms with Crippen LogP contribution in [0.25, 0.3) is 0 Å². The van der Waals surface area contributed by atoms with Gasteiger partial charge < -0.3 is 15.0 Å². The van der Waals surface area contributed by atoms with Gasteiger partial charge in [0.25, 0.3) is 5.91 Å². The van der Waals surface area contributed by atoms with E-state index in [1.807, 2.05) is 25.2 Å². The van der Waals surface area contributed by atoms with Crippen molar-refractivity contribution < 1.29 is 17.9 Å². The number of amides is 1. The molecular weight excluding hydrogens is 352 g/mol. The number of sulfone groups is 1. The predicted molar refractivity (Wildman–Crippen MR) is 101 cm³/mol. The highest BCUT2D eigenvalue weighted by Gasteiger charge is 2.16. The van der Waals surface area contributed by atoms with Crippen molar-refractivity contribution in [3.8, 4) is 5.75 Å². The van der Waals surface area contributed by atoms with Gasteiger partial charge in [0.15, 0.2) is 9.84 Å². The Bertz CT molecular complexity index is 851. The number of hydrogen-bond acceptors (Lipinski definition) is 5. The molecule has 0 fully saturated rings. The first-order valence-corrected chi connectivity index (χ1v) is 10.1. The lowest BCUT2D eigenvalue weighted by Gasteiger charge is -2.17. The van der Waals surface area contributed by atoms with E-state index in [1.54, 1.807) is 0 Å². The second-order valence-electron chi connectivity index (χ2n) is 6.11. The zero-order valence-corrected chi connectivity index (χ0v) is 16.0. The van der Waals surface area contributed by atoms with Crippen LogP contribution in [0.15, 0.2) is 53.4 Å². The second kappa shape index (κ2) is 8.82. The molecule has 6 nitrogen and oxygen atoms in total. The Hall–Kier alpha value is -2.38. The molecule has 2 aromatic carbocycles. The van der Waals surface area contributed by atoms with Crippen molar-refractivity contribution in [1.29, 1.82) is 0 Å². The lowest BCUT2D eigenvalue weighted by molar-refractivity contribution is 0.0946. The third kappa shape index (κ3) is 5.57. The summed E-state index contributed by atoms with van der Waals surface area (Å²) >= 11 is 0. The van der Waals surface area contributed by atoms with Crippen molar-refractivity contribution in [2.45, 2.75) is 11.4 Å². The summed E-state index contributed by atoms with van der Waals surface area (Å²) in [7, 11) is 0.0244. The normalized spacial score (nSPS) is 11.4. The van der Waals surface area contributed by atoms with Crippen LogP contribution in [0.5, 0.6) is 5.75 Å². The number of likely N-dealkylation sites (N-methyl/N-ethyl adjacent to an activating group) is 1. The van der Waals surface area contributed by atoms with Crippen molar-refractivity contribution in [3.63, 3.8) is 0 Å². The van der Waals surface area contributed by atoms with Gasteiger partial charge in [-0.1, -0.05) is 30.3 Å². The molecule has 140 valence electrons. The molecule has 0 heterocycles. The average molecular weight is 376 g/mol. The minimum absolute atomic E-state index is 0.0876. The zero-order chi connectivity index (χ0) is 19.2. The van der Waals surface area contributed by atoms with E-state index < -0.39 is 9.84 Å². The Balaban J connectivity index is 1.97. The number of carbonyl (C=O) groups excluding carboxylic acids is 1. The Morgan fingerprint density at radius 3 is 2.46 bits per heavy atom. The molecule has 0 radical (unpaired) electrons. The highest BCUT2D eigenvalue weighted by Crippen LogP contribution is 2.22. The van der Waals surface area contributed by atoms with Crippen LogP contribution in [0.2, 0.25) is 0 Å². The van der Waals surface area contributed by atoms with Crippen LogP contribution in [-0.2, 0) is 16.4 Å². The molecule has 1 N–H and O–H groups in total. The first kappa shape index (κ1) is 19.9. The highest BCUT2D eigenvalue weighted by atomic mass is 32.2. The first-order chi connectivity index (χ1) is 12.3. The van der Waals surface area contributed by atoms with E-state index in [2.05, 4.69) is 22.3 Å².